The maximum atomic E-state index is 13.3. The molecule has 7 nitrogen and oxygen atoms in total. The van der Waals surface area contributed by atoms with Gasteiger partial charge >= 0.3 is 10.1 Å². The number of ketones is 2. The van der Waals surface area contributed by atoms with E-state index < -0.39 is 10.1 Å². The van der Waals surface area contributed by atoms with Crippen LogP contribution in [-0.4, -0.2) is 56.0 Å². The van der Waals surface area contributed by atoms with Gasteiger partial charge in [0.15, 0.2) is 5.75 Å². The van der Waals surface area contributed by atoms with Crippen LogP contribution in [0.4, 0.5) is 0 Å². The molecule has 0 spiro atoms. The summed E-state index contributed by atoms with van der Waals surface area (Å²) in [5, 5.41) is 0. The van der Waals surface area contributed by atoms with Crippen molar-refractivity contribution in [2.45, 2.75) is 4.90 Å². The Morgan fingerprint density at radius 2 is 1.41 bits per heavy atom. The van der Waals surface area contributed by atoms with Gasteiger partial charge in [-0.15, -0.1) is 0 Å². The van der Waals surface area contributed by atoms with Gasteiger partial charge in [0.2, 0.25) is 11.6 Å². The van der Waals surface area contributed by atoms with E-state index in [-0.39, 0.29) is 33.3 Å². The first-order chi connectivity index (χ1) is 13.9. The van der Waals surface area contributed by atoms with Gasteiger partial charge in [0.1, 0.15) is 16.3 Å². The summed E-state index contributed by atoms with van der Waals surface area (Å²) in [7, 11) is -4.17. The predicted molar refractivity (Wildman–Crippen MR) is 107 cm³/mol. The van der Waals surface area contributed by atoms with Gasteiger partial charge in [0.05, 0.1) is 5.56 Å². The van der Waals surface area contributed by atoms with Crippen molar-refractivity contribution in [3.05, 3.63) is 69.5 Å². The van der Waals surface area contributed by atoms with Gasteiger partial charge in [-0.05, 0) is 36.4 Å². The van der Waals surface area contributed by atoms with Gasteiger partial charge in [-0.1, -0.05) is 22.0 Å². The highest BCUT2D eigenvalue weighted by Crippen LogP contribution is 2.39. The van der Waals surface area contributed by atoms with Crippen LogP contribution in [0.3, 0.4) is 0 Å². The molecule has 2 aromatic rings. The molecule has 29 heavy (non-hydrogen) atoms. The van der Waals surface area contributed by atoms with E-state index in [1.165, 1.54) is 30.3 Å². The number of carbonyl (C=O) groups excluding carboxylic acids is 2. The normalized spacial score (nSPS) is 18.1. The van der Waals surface area contributed by atoms with Crippen molar-refractivity contribution >= 4 is 37.6 Å². The number of carbonyl (C=O) groups is 2. The highest BCUT2D eigenvalue weighted by molar-refractivity contribution is 9.10. The van der Waals surface area contributed by atoms with Gasteiger partial charge < -0.3 is 14.0 Å². The molecule has 0 bridgehead atoms. The quantitative estimate of drug-likeness (QED) is 0.485. The van der Waals surface area contributed by atoms with E-state index in [0.717, 1.165) is 17.6 Å². The number of hydrogen-bond donors (Lipinski definition) is 0. The minimum Gasteiger partial charge on any atom is -0.378 e. The molecule has 148 valence electrons. The molecule has 0 atom stereocenters. The summed E-state index contributed by atoms with van der Waals surface area (Å²) in [5.74, 6) is -0.779. The zero-order valence-electron chi connectivity index (χ0n) is 15.1. The predicted octanol–water partition coefficient (Wildman–Crippen LogP) is 2.44. The smallest absolute Gasteiger partial charge is 0.339 e. The van der Waals surface area contributed by atoms with Gasteiger partial charge in [0, 0.05) is 36.2 Å². The van der Waals surface area contributed by atoms with Crippen LogP contribution in [0.25, 0.3) is 0 Å². The van der Waals surface area contributed by atoms with Crippen LogP contribution in [0.1, 0.15) is 20.7 Å². The summed E-state index contributed by atoms with van der Waals surface area (Å²) in [6.45, 7) is 2.85. The number of halogens is 1. The first-order valence-electron chi connectivity index (χ1n) is 9.03. The standard InChI is InChI=1S/C20H15BrN2O5S/c21-12-4-6-13(7-5-12)29(26,27)28-15-3-1-2-14-16(15)20(25)18(23-10-11-23)17(19(14)24)22-8-9-22/h1-7H,8-11H2. The van der Waals surface area contributed by atoms with Crippen molar-refractivity contribution in [2.75, 3.05) is 26.2 Å². The van der Waals surface area contributed by atoms with Crippen molar-refractivity contribution in [3.8, 4) is 5.75 Å². The van der Waals surface area contributed by atoms with Crippen molar-refractivity contribution in [3.63, 3.8) is 0 Å². The highest BCUT2D eigenvalue weighted by Gasteiger charge is 2.44. The molecule has 5 rings (SSSR count). The number of hydrogen-bond acceptors (Lipinski definition) is 7. The average Bonchev–Trinajstić information content (AvgIpc) is 3.58. The van der Waals surface area contributed by atoms with E-state index in [9.17, 15) is 18.0 Å². The van der Waals surface area contributed by atoms with Crippen molar-refractivity contribution in [2.24, 2.45) is 0 Å². The van der Waals surface area contributed by atoms with E-state index in [2.05, 4.69) is 15.9 Å². The zero-order valence-corrected chi connectivity index (χ0v) is 17.5. The first-order valence-corrected chi connectivity index (χ1v) is 11.2. The number of Topliss-reactive ketones (excluding diaryl/α,β-unsaturated/α-hetero) is 2. The highest BCUT2D eigenvalue weighted by atomic mass is 79.9. The van der Waals surface area contributed by atoms with Crippen LogP contribution >= 0.6 is 15.9 Å². The number of fused-ring (bicyclic) bond motifs is 1. The minimum atomic E-state index is -4.17. The van der Waals surface area contributed by atoms with Crippen molar-refractivity contribution < 1.29 is 22.2 Å². The van der Waals surface area contributed by atoms with Crippen LogP contribution in [0.2, 0.25) is 0 Å². The largest absolute Gasteiger partial charge is 0.378 e. The third-order valence-corrected chi connectivity index (χ3v) is 6.76. The van der Waals surface area contributed by atoms with Crippen LogP contribution in [-0.2, 0) is 10.1 Å². The lowest BCUT2D eigenvalue weighted by molar-refractivity contribution is 0.0944. The Kier molecular flexibility index (Phi) is 4.08. The molecule has 0 radical (unpaired) electrons. The second-order valence-corrected chi connectivity index (χ2v) is 9.46. The molecule has 3 aliphatic rings. The summed E-state index contributed by atoms with van der Waals surface area (Å²) in [5.41, 5.74) is 0.932. The second-order valence-electron chi connectivity index (χ2n) is 7.00. The summed E-state index contributed by atoms with van der Waals surface area (Å²) < 4.78 is 31.5. The molecule has 0 saturated carbocycles. The van der Waals surface area contributed by atoms with Gasteiger partial charge in [-0.2, -0.15) is 8.42 Å². The fourth-order valence-electron chi connectivity index (χ4n) is 3.39. The van der Waals surface area contributed by atoms with E-state index in [4.69, 9.17) is 4.18 Å². The van der Waals surface area contributed by atoms with Crippen LogP contribution in [0, 0.1) is 0 Å². The maximum Gasteiger partial charge on any atom is 0.339 e. The van der Waals surface area contributed by atoms with E-state index in [1.807, 2.05) is 9.80 Å². The molecule has 0 amide bonds. The monoisotopic (exact) mass is 474 g/mol. The summed E-state index contributed by atoms with van der Waals surface area (Å²) in [6, 6.07) is 10.5. The van der Waals surface area contributed by atoms with Crippen molar-refractivity contribution in [1.82, 2.24) is 9.80 Å². The molecular formula is C20H15BrN2O5S. The number of rotatable bonds is 5. The summed E-state index contributed by atoms with van der Waals surface area (Å²) in [6.07, 6.45) is 0. The Morgan fingerprint density at radius 1 is 0.828 bits per heavy atom. The Balaban J connectivity index is 1.59. The molecule has 2 aromatic carbocycles. The molecule has 0 unspecified atom stereocenters. The lowest BCUT2D eigenvalue weighted by Crippen LogP contribution is -2.30. The Hall–Kier alpha value is -2.65. The number of allylic oxidation sites excluding steroid dienone is 2. The molecule has 1 aliphatic carbocycles. The maximum absolute atomic E-state index is 13.3. The number of benzene rings is 2. The fraction of sp³-hybridized carbons (Fsp3) is 0.200. The molecule has 9 heteroatoms. The van der Waals surface area contributed by atoms with Gasteiger partial charge in [0.25, 0.3) is 0 Å². The topological polar surface area (TPSA) is 83.5 Å². The average molecular weight is 475 g/mol. The van der Waals surface area contributed by atoms with Crippen LogP contribution in [0.15, 0.2) is 63.2 Å². The van der Waals surface area contributed by atoms with Crippen molar-refractivity contribution in [1.29, 1.82) is 0 Å². The lowest BCUT2D eigenvalue weighted by atomic mass is 9.89. The van der Waals surface area contributed by atoms with Crippen LogP contribution < -0.4 is 4.18 Å². The molecule has 2 aliphatic heterocycles. The van der Waals surface area contributed by atoms with E-state index in [1.54, 1.807) is 12.1 Å². The molecule has 2 heterocycles. The third-order valence-electron chi connectivity index (χ3n) is 4.98. The lowest BCUT2D eigenvalue weighted by Gasteiger charge is -2.24. The first kappa shape index (κ1) is 18.4. The van der Waals surface area contributed by atoms with Gasteiger partial charge in [-0.25, -0.2) is 0 Å². The molecule has 0 N–H and O–H groups in total. The van der Waals surface area contributed by atoms with E-state index >= 15 is 0 Å². The fourth-order valence-corrected chi connectivity index (χ4v) is 4.59. The van der Waals surface area contributed by atoms with E-state index in [0.29, 0.717) is 24.5 Å². The van der Waals surface area contributed by atoms with Crippen LogP contribution in [0.5, 0.6) is 5.75 Å². The minimum absolute atomic E-state index is 0.00527. The Labute approximate surface area is 175 Å². The Morgan fingerprint density at radius 3 is 2.00 bits per heavy atom. The van der Waals surface area contributed by atoms with Gasteiger partial charge in [-0.3, -0.25) is 9.59 Å². The summed E-state index contributed by atoms with van der Waals surface area (Å²) >= 11 is 3.26. The molecule has 2 fully saturated rings. The third kappa shape index (κ3) is 3.14. The zero-order chi connectivity index (χ0) is 20.3. The molecular weight excluding hydrogens is 460 g/mol. The Bertz CT molecular complexity index is 1200. The molecule has 2 saturated heterocycles. The second kappa shape index (κ2) is 6.43. The SMILES string of the molecule is O=C1C(N2CC2)=C(N2CC2)C(=O)c2c(OS(=O)(=O)c3ccc(Br)cc3)cccc21. The number of nitrogens with zero attached hydrogens (tertiary/aromatic N) is 2. The summed E-state index contributed by atoms with van der Waals surface area (Å²) in [4.78, 5) is 30.1. The molecule has 0 aromatic heterocycles.